The number of nitrogens with zero attached hydrogens (tertiary/aromatic N) is 5. The highest BCUT2D eigenvalue weighted by atomic mass is 35.5. The largest absolute Gasteiger partial charge is 0.307 e. The van der Waals surface area contributed by atoms with E-state index in [1.165, 1.54) is 23.3 Å². The van der Waals surface area contributed by atoms with Crippen LogP contribution < -0.4 is 0 Å². The van der Waals surface area contributed by atoms with Crippen molar-refractivity contribution in [2.24, 2.45) is 0 Å². The van der Waals surface area contributed by atoms with E-state index in [2.05, 4.69) is 15.1 Å². The second kappa shape index (κ2) is 3.62. The van der Waals surface area contributed by atoms with E-state index < -0.39 is 4.92 Å². The van der Waals surface area contributed by atoms with E-state index in [1.54, 1.807) is 0 Å². The highest BCUT2D eigenvalue weighted by molar-refractivity contribution is 6.29. The molecule has 0 aliphatic rings. The molecule has 0 N–H and O–H groups in total. The van der Waals surface area contributed by atoms with E-state index in [4.69, 9.17) is 11.6 Å². The van der Waals surface area contributed by atoms with Crippen molar-refractivity contribution in [1.82, 2.24) is 19.7 Å². The number of aromatic nitrogens is 4. The summed E-state index contributed by atoms with van der Waals surface area (Å²) in [6, 6.07) is 1.46. The van der Waals surface area contributed by atoms with Gasteiger partial charge in [-0.1, -0.05) is 11.6 Å². The summed E-state index contributed by atoms with van der Waals surface area (Å²) in [4.78, 5) is 17.4. The fourth-order valence-corrected chi connectivity index (χ4v) is 1.12. The summed E-state index contributed by atoms with van der Waals surface area (Å²) in [5.74, 6) is 0.378. The average Bonchev–Trinajstić information content (AvgIpc) is 2.66. The number of nitro groups is 1. The Morgan fingerprint density at radius 2 is 2.27 bits per heavy atom. The quantitative estimate of drug-likeness (QED) is 0.436. The van der Waals surface area contributed by atoms with Gasteiger partial charge in [0.2, 0.25) is 0 Å². The fraction of sp³-hybridized carbons (Fsp3) is 0. The van der Waals surface area contributed by atoms with Crippen molar-refractivity contribution in [2.75, 3.05) is 0 Å². The zero-order valence-electron chi connectivity index (χ0n) is 7.24. The van der Waals surface area contributed by atoms with Crippen LogP contribution in [0, 0.1) is 10.1 Å². The maximum atomic E-state index is 10.4. The molecule has 2 rings (SSSR count). The number of hydrogen-bond acceptors (Lipinski definition) is 5. The Morgan fingerprint density at radius 1 is 1.47 bits per heavy atom. The molecule has 0 aliphatic carbocycles. The van der Waals surface area contributed by atoms with Crippen LogP contribution in [0.2, 0.25) is 5.15 Å². The Bertz CT molecular complexity index is 512. The van der Waals surface area contributed by atoms with E-state index in [0.717, 1.165) is 6.20 Å². The highest BCUT2D eigenvalue weighted by Gasteiger charge is 2.10. The molecule has 15 heavy (non-hydrogen) atoms. The van der Waals surface area contributed by atoms with Crippen molar-refractivity contribution in [2.45, 2.75) is 0 Å². The standard InChI is InChI=1S/C7H4ClN5O2/c8-6-1-7(10-4-9-6)12-3-5(2-11-12)13(14)15/h1-4H. The van der Waals surface area contributed by atoms with Crippen molar-refractivity contribution >= 4 is 17.3 Å². The minimum atomic E-state index is -0.535. The third-order valence-corrected chi connectivity index (χ3v) is 1.84. The third-order valence-electron chi connectivity index (χ3n) is 1.63. The van der Waals surface area contributed by atoms with Crippen molar-refractivity contribution < 1.29 is 4.92 Å². The molecule has 0 amide bonds. The summed E-state index contributed by atoms with van der Waals surface area (Å²) in [5.41, 5.74) is -0.107. The SMILES string of the molecule is O=[N+]([O-])c1cnn(-c2cc(Cl)ncn2)c1. The first-order valence-electron chi connectivity index (χ1n) is 3.84. The van der Waals surface area contributed by atoms with Gasteiger partial charge in [0, 0.05) is 6.07 Å². The molecule has 0 unspecified atom stereocenters. The molecule has 2 aromatic rings. The molecule has 0 atom stereocenters. The molecule has 7 nitrogen and oxygen atoms in total. The molecule has 8 heteroatoms. The smallest absolute Gasteiger partial charge is 0.258 e. The number of halogens is 1. The Hall–Kier alpha value is -2.02. The molecule has 2 heterocycles. The summed E-state index contributed by atoms with van der Waals surface area (Å²) in [6.07, 6.45) is 3.64. The Kier molecular flexibility index (Phi) is 2.30. The minimum Gasteiger partial charge on any atom is -0.258 e. The molecular weight excluding hydrogens is 222 g/mol. The van der Waals surface area contributed by atoms with Gasteiger partial charge in [0.25, 0.3) is 0 Å². The van der Waals surface area contributed by atoms with Gasteiger partial charge in [-0.3, -0.25) is 10.1 Å². The normalized spacial score (nSPS) is 10.2. The molecule has 0 aromatic carbocycles. The zero-order chi connectivity index (χ0) is 10.8. The van der Waals surface area contributed by atoms with E-state index in [-0.39, 0.29) is 10.8 Å². The van der Waals surface area contributed by atoms with Gasteiger partial charge >= 0.3 is 5.69 Å². The molecule has 0 fully saturated rings. The maximum Gasteiger partial charge on any atom is 0.307 e. The van der Waals surface area contributed by atoms with Gasteiger partial charge < -0.3 is 0 Å². The minimum absolute atomic E-state index is 0.107. The van der Waals surface area contributed by atoms with E-state index in [9.17, 15) is 10.1 Å². The first-order valence-corrected chi connectivity index (χ1v) is 4.21. The zero-order valence-corrected chi connectivity index (χ0v) is 8.00. The predicted molar refractivity (Wildman–Crippen MR) is 50.8 cm³/mol. The van der Waals surface area contributed by atoms with Crippen LogP contribution in [0.3, 0.4) is 0 Å². The Morgan fingerprint density at radius 3 is 2.87 bits per heavy atom. The summed E-state index contributed by atoms with van der Waals surface area (Å²) in [5, 5.41) is 14.4. The van der Waals surface area contributed by atoms with Crippen molar-refractivity contribution in [3.8, 4) is 5.82 Å². The van der Waals surface area contributed by atoms with Crippen LogP contribution in [-0.2, 0) is 0 Å². The molecule has 0 saturated carbocycles. The van der Waals surface area contributed by atoms with Crippen LogP contribution in [0.5, 0.6) is 0 Å². The van der Waals surface area contributed by atoms with Crippen molar-refractivity contribution in [3.05, 3.63) is 40.1 Å². The second-order valence-corrected chi connectivity index (χ2v) is 2.99. The molecule has 76 valence electrons. The van der Waals surface area contributed by atoms with E-state index in [1.807, 2.05) is 0 Å². The molecule has 0 radical (unpaired) electrons. The van der Waals surface area contributed by atoms with Crippen LogP contribution in [0.1, 0.15) is 0 Å². The monoisotopic (exact) mass is 225 g/mol. The van der Waals surface area contributed by atoms with Gasteiger partial charge in [0.15, 0.2) is 5.82 Å². The summed E-state index contributed by atoms with van der Waals surface area (Å²) in [6.45, 7) is 0. The third kappa shape index (κ3) is 1.91. The van der Waals surface area contributed by atoms with E-state index >= 15 is 0 Å². The fourth-order valence-electron chi connectivity index (χ4n) is 0.982. The van der Waals surface area contributed by atoms with Crippen LogP contribution >= 0.6 is 11.6 Å². The highest BCUT2D eigenvalue weighted by Crippen LogP contribution is 2.13. The molecular formula is C7H4ClN5O2. The van der Waals surface area contributed by atoms with Crippen LogP contribution in [0.25, 0.3) is 5.82 Å². The summed E-state index contributed by atoms with van der Waals surface area (Å²) in [7, 11) is 0. The van der Waals surface area contributed by atoms with Gasteiger partial charge in [-0.05, 0) is 0 Å². The lowest BCUT2D eigenvalue weighted by Crippen LogP contribution is -1.98. The van der Waals surface area contributed by atoms with Gasteiger partial charge in [-0.2, -0.15) is 5.10 Å². The number of hydrogen-bond donors (Lipinski definition) is 0. The van der Waals surface area contributed by atoms with E-state index in [0.29, 0.717) is 5.82 Å². The van der Waals surface area contributed by atoms with Crippen LogP contribution in [0.15, 0.2) is 24.8 Å². The molecule has 0 bridgehead atoms. The molecule has 0 saturated heterocycles. The second-order valence-electron chi connectivity index (χ2n) is 2.60. The van der Waals surface area contributed by atoms with Crippen LogP contribution in [0.4, 0.5) is 5.69 Å². The lowest BCUT2D eigenvalue weighted by Gasteiger charge is -1.97. The van der Waals surface area contributed by atoms with Gasteiger partial charge in [0.05, 0.1) is 4.92 Å². The number of rotatable bonds is 2. The summed E-state index contributed by atoms with van der Waals surface area (Å²) < 4.78 is 1.26. The van der Waals surface area contributed by atoms with Gasteiger partial charge in [-0.25, -0.2) is 14.6 Å². The predicted octanol–water partition coefficient (Wildman–Crippen LogP) is 1.22. The van der Waals surface area contributed by atoms with Crippen LogP contribution in [-0.4, -0.2) is 24.7 Å². The lowest BCUT2D eigenvalue weighted by atomic mass is 10.5. The Labute approximate surface area is 88.5 Å². The molecule has 0 spiro atoms. The first kappa shape index (κ1) is 9.53. The maximum absolute atomic E-state index is 10.4. The first-order chi connectivity index (χ1) is 7.16. The lowest BCUT2D eigenvalue weighted by molar-refractivity contribution is -0.384. The molecule has 2 aromatic heterocycles. The van der Waals surface area contributed by atoms with Crippen molar-refractivity contribution in [1.29, 1.82) is 0 Å². The van der Waals surface area contributed by atoms with Gasteiger partial charge in [-0.15, -0.1) is 0 Å². The Balaban J connectivity index is 2.41. The topological polar surface area (TPSA) is 86.7 Å². The molecule has 0 aliphatic heterocycles. The van der Waals surface area contributed by atoms with Crippen molar-refractivity contribution in [3.63, 3.8) is 0 Å². The summed E-state index contributed by atoms with van der Waals surface area (Å²) >= 11 is 5.64. The van der Waals surface area contributed by atoms with Gasteiger partial charge in [0.1, 0.15) is 23.9 Å². The average molecular weight is 226 g/mol.